The zero-order valence-electron chi connectivity index (χ0n) is 18.9. The smallest absolute Gasteiger partial charge is 0.254 e. The molecule has 2 heterocycles. The molecule has 178 valence electrons. The molecule has 0 radical (unpaired) electrons. The quantitative estimate of drug-likeness (QED) is 0.337. The molecule has 0 aliphatic carbocycles. The van der Waals surface area contributed by atoms with Crippen LogP contribution in [0.2, 0.25) is 15.1 Å². The van der Waals surface area contributed by atoms with Crippen LogP contribution in [0, 0.1) is 0 Å². The van der Waals surface area contributed by atoms with Crippen LogP contribution in [0.15, 0.2) is 53.9 Å². The molecule has 0 bridgehead atoms. The van der Waals surface area contributed by atoms with Gasteiger partial charge in [-0.3, -0.25) is 9.59 Å². The summed E-state index contributed by atoms with van der Waals surface area (Å²) in [6, 6.07) is 13.8. The third-order valence-electron chi connectivity index (χ3n) is 6.30. The fourth-order valence-corrected chi connectivity index (χ4v) is 5.92. The lowest BCUT2D eigenvalue weighted by atomic mass is 9.93. The summed E-state index contributed by atoms with van der Waals surface area (Å²) in [5.41, 5.74) is 2.37. The van der Waals surface area contributed by atoms with Gasteiger partial charge in [0, 0.05) is 38.1 Å². The number of carbonyl (C=O) groups is 2. The number of nitrogens with zero attached hydrogens (tertiary/aromatic N) is 2. The lowest BCUT2D eigenvalue weighted by Crippen LogP contribution is -2.49. The molecule has 2 aromatic carbocycles. The number of hydrogen-bond donors (Lipinski definition) is 0. The van der Waals surface area contributed by atoms with Crippen LogP contribution in [0.4, 0.5) is 0 Å². The van der Waals surface area contributed by atoms with E-state index in [1.165, 1.54) is 4.88 Å². The molecule has 0 N–H and O–H groups in total. The van der Waals surface area contributed by atoms with Gasteiger partial charge < -0.3 is 9.80 Å². The van der Waals surface area contributed by atoms with E-state index in [4.69, 9.17) is 34.8 Å². The fourth-order valence-electron chi connectivity index (χ4n) is 4.32. The Bertz CT molecular complexity index is 1210. The minimum Gasteiger partial charge on any atom is -0.330 e. The van der Waals surface area contributed by atoms with Gasteiger partial charge in [-0.2, -0.15) is 0 Å². The second-order valence-corrected chi connectivity index (χ2v) is 10.7. The Morgan fingerprint density at radius 3 is 2.56 bits per heavy atom. The molecule has 0 saturated carbocycles. The van der Waals surface area contributed by atoms with Crippen LogP contribution in [0.3, 0.4) is 0 Å². The van der Waals surface area contributed by atoms with Crippen LogP contribution in [0.1, 0.15) is 52.7 Å². The van der Waals surface area contributed by atoms with Gasteiger partial charge in [-0.1, -0.05) is 53.9 Å². The van der Waals surface area contributed by atoms with Crippen LogP contribution in [-0.4, -0.2) is 40.7 Å². The van der Waals surface area contributed by atoms with Crippen molar-refractivity contribution < 1.29 is 9.59 Å². The van der Waals surface area contributed by atoms with Gasteiger partial charge in [0.25, 0.3) is 5.91 Å². The standard InChI is InChI=1S/C26H25Cl3N2O2S/c1-3-16(2)31(26(33)17-5-4-6-18(27)13-17)15-24(32)30-11-9-23-21(10-12-34-23)25(30)20-8-7-19(28)14-22(20)29/h4-8,10,12-14,16,25H,3,9,11,15H2,1-2H3/t16-,25+/m1/s1. The van der Waals surface area contributed by atoms with E-state index in [2.05, 4.69) is 6.07 Å². The number of amides is 2. The van der Waals surface area contributed by atoms with Gasteiger partial charge in [0.2, 0.25) is 5.91 Å². The number of fused-ring (bicyclic) bond motifs is 1. The maximum Gasteiger partial charge on any atom is 0.254 e. The molecule has 2 amide bonds. The highest BCUT2D eigenvalue weighted by Crippen LogP contribution is 2.41. The minimum absolute atomic E-state index is 0.0263. The van der Waals surface area contributed by atoms with Crippen molar-refractivity contribution >= 4 is 58.0 Å². The van der Waals surface area contributed by atoms with E-state index in [0.29, 0.717) is 27.2 Å². The largest absolute Gasteiger partial charge is 0.330 e. The molecular formula is C26H25Cl3N2O2S. The van der Waals surface area contributed by atoms with E-state index < -0.39 is 0 Å². The molecule has 2 atom stereocenters. The predicted octanol–water partition coefficient (Wildman–Crippen LogP) is 7.12. The number of benzene rings is 2. The molecule has 0 saturated heterocycles. The third kappa shape index (κ3) is 5.13. The summed E-state index contributed by atoms with van der Waals surface area (Å²) in [7, 11) is 0. The van der Waals surface area contributed by atoms with Crippen molar-refractivity contribution in [3.05, 3.63) is 90.5 Å². The zero-order valence-corrected chi connectivity index (χ0v) is 22.0. The normalized spacial score (nSPS) is 16.1. The molecule has 4 nitrogen and oxygen atoms in total. The molecule has 1 aliphatic rings. The van der Waals surface area contributed by atoms with E-state index in [0.717, 1.165) is 24.0 Å². The zero-order chi connectivity index (χ0) is 24.4. The first-order valence-corrected chi connectivity index (χ1v) is 13.2. The third-order valence-corrected chi connectivity index (χ3v) is 8.10. The van der Waals surface area contributed by atoms with E-state index in [9.17, 15) is 9.59 Å². The molecule has 1 aromatic heterocycles. The van der Waals surface area contributed by atoms with Crippen molar-refractivity contribution in [2.75, 3.05) is 13.1 Å². The highest BCUT2D eigenvalue weighted by atomic mass is 35.5. The van der Waals surface area contributed by atoms with Crippen LogP contribution in [0.5, 0.6) is 0 Å². The number of hydrogen-bond acceptors (Lipinski definition) is 3. The van der Waals surface area contributed by atoms with Crippen molar-refractivity contribution in [1.29, 1.82) is 0 Å². The Labute approximate surface area is 219 Å². The summed E-state index contributed by atoms with van der Waals surface area (Å²) in [6.45, 7) is 4.48. The highest BCUT2D eigenvalue weighted by Gasteiger charge is 2.35. The van der Waals surface area contributed by atoms with Gasteiger partial charge >= 0.3 is 0 Å². The molecule has 3 aromatic rings. The van der Waals surface area contributed by atoms with Crippen molar-refractivity contribution in [3.63, 3.8) is 0 Å². The Kier molecular flexibility index (Phi) is 7.88. The summed E-state index contributed by atoms with van der Waals surface area (Å²) in [5, 5.41) is 3.59. The Balaban J connectivity index is 1.67. The Hall–Kier alpha value is -2.05. The molecule has 4 rings (SSSR count). The summed E-state index contributed by atoms with van der Waals surface area (Å²) in [6.07, 6.45) is 1.49. The summed E-state index contributed by atoms with van der Waals surface area (Å²) < 4.78 is 0. The predicted molar refractivity (Wildman–Crippen MR) is 140 cm³/mol. The first kappa shape index (κ1) is 25.1. The average molecular weight is 536 g/mol. The van der Waals surface area contributed by atoms with Gasteiger partial charge in [-0.25, -0.2) is 0 Å². The summed E-state index contributed by atoms with van der Waals surface area (Å²) in [4.78, 5) is 31.9. The second kappa shape index (κ2) is 10.7. The van der Waals surface area contributed by atoms with Gasteiger partial charge in [-0.15, -0.1) is 11.3 Å². The first-order valence-electron chi connectivity index (χ1n) is 11.2. The summed E-state index contributed by atoms with van der Waals surface area (Å²) >= 11 is 20.5. The average Bonchev–Trinajstić information content (AvgIpc) is 3.30. The van der Waals surface area contributed by atoms with Crippen LogP contribution in [-0.2, 0) is 11.2 Å². The Morgan fingerprint density at radius 1 is 1.09 bits per heavy atom. The van der Waals surface area contributed by atoms with Crippen LogP contribution in [0.25, 0.3) is 0 Å². The Morgan fingerprint density at radius 2 is 1.85 bits per heavy atom. The van der Waals surface area contributed by atoms with E-state index in [1.54, 1.807) is 52.6 Å². The maximum absolute atomic E-state index is 13.8. The van der Waals surface area contributed by atoms with Crippen LogP contribution >= 0.6 is 46.1 Å². The highest BCUT2D eigenvalue weighted by molar-refractivity contribution is 7.10. The molecule has 1 aliphatic heterocycles. The van der Waals surface area contributed by atoms with Crippen molar-refractivity contribution in [3.8, 4) is 0 Å². The van der Waals surface area contributed by atoms with Gasteiger partial charge in [-0.05, 0) is 72.7 Å². The minimum atomic E-state index is -0.327. The number of carbonyl (C=O) groups excluding carboxylic acids is 2. The number of thiophene rings is 1. The van der Waals surface area contributed by atoms with Gasteiger partial charge in [0.15, 0.2) is 0 Å². The molecule has 8 heteroatoms. The lowest BCUT2D eigenvalue weighted by Gasteiger charge is -2.38. The van der Waals surface area contributed by atoms with Crippen molar-refractivity contribution in [1.82, 2.24) is 9.80 Å². The van der Waals surface area contributed by atoms with E-state index in [-0.39, 0.29) is 30.4 Å². The first-order chi connectivity index (χ1) is 16.3. The molecular weight excluding hydrogens is 511 g/mol. The molecule has 0 unspecified atom stereocenters. The monoisotopic (exact) mass is 534 g/mol. The SMILES string of the molecule is CC[C@@H](C)N(CC(=O)N1CCc2sccc2[C@@H]1c1ccc(Cl)cc1Cl)C(=O)c1cccc(Cl)c1. The van der Waals surface area contributed by atoms with E-state index >= 15 is 0 Å². The number of rotatable bonds is 6. The van der Waals surface area contributed by atoms with Crippen LogP contribution < -0.4 is 0 Å². The molecule has 0 fully saturated rings. The summed E-state index contributed by atoms with van der Waals surface area (Å²) in [5.74, 6) is -0.331. The molecule has 0 spiro atoms. The lowest BCUT2D eigenvalue weighted by molar-refractivity contribution is -0.134. The van der Waals surface area contributed by atoms with Crippen molar-refractivity contribution in [2.45, 2.75) is 38.8 Å². The molecule has 34 heavy (non-hydrogen) atoms. The van der Waals surface area contributed by atoms with Gasteiger partial charge in [0.05, 0.1) is 6.04 Å². The van der Waals surface area contributed by atoms with Gasteiger partial charge in [0.1, 0.15) is 6.54 Å². The second-order valence-electron chi connectivity index (χ2n) is 8.41. The topological polar surface area (TPSA) is 40.6 Å². The fraction of sp³-hybridized carbons (Fsp3) is 0.308. The number of halogens is 3. The van der Waals surface area contributed by atoms with E-state index in [1.807, 2.05) is 30.2 Å². The van der Waals surface area contributed by atoms with Crippen molar-refractivity contribution in [2.24, 2.45) is 0 Å². The maximum atomic E-state index is 13.8.